The summed E-state index contributed by atoms with van der Waals surface area (Å²) in [4.78, 5) is 0. The van der Waals surface area contributed by atoms with Crippen molar-refractivity contribution in [2.45, 2.75) is 38.5 Å². The molecular formula is C22H24. The highest BCUT2D eigenvalue weighted by Crippen LogP contribution is 2.33. The van der Waals surface area contributed by atoms with E-state index in [1.54, 1.807) is 0 Å². The predicted molar refractivity (Wildman–Crippen MR) is 95.8 cm³/mol. The van der Waals surface area contributed by atoms with Gasteiger partial charge in [-0.2, -0.15) is 0 Å². The molecule has 1 aliphatic rings. The summed E-state index contributed by atoms with van der Waals surface area (Å²) in [5, 5.41) is 0. The third-order valence-corrected chi connectivity index (χ3v) is 4.46. The molecule has 0 heterocycles. The van der Waals surface area contributed by atoms with E-state index in [1.807, 2.05) is 0 Å². The first-order valence-corrected chi connectivity index (χ1v) is 8.36. The van der Waals surface area contributed by atoms with Gasteiger partial charge in [0.1, 0.15) is 0 Å². The minimum atomic E-state index is 0.430. The Balaban J connectivity index is 1.98. The summed E-state index contributed by atoms with van der Waals surface area (Å²) in [7, 11) is 0. The molecule has 0 saturated heterocycles. The molecular weight excluding hydrogens is 264 g/mol. The molecule has 2 aromatic carbocycles. The number of rotatable bonds is 4. The van der Waals surface area contributed by atoms with E-state index in [0.717, 1.165) is 0 Å². The number of hydrogen-bond acceptors (Lipinski definition) is 0. The van der Waals surface area contributed by atoms with Crippen molar-refractivity contribution in [3.8, 4) is 0 Å². The Hall–Kier alpha value is -2.08. The second-order valence-corrected chi connectivity index (χ2v) is 6.12. The van der Waals surface area contributed by atoms with E-state index >= 15 is 0 Å². The monoisotopic (exact) mass is 288 g/mol. The Labute approximate surface area is 134 Å². The standard InChI is InChI=1S/C22H24/c1-18(19-11-5-2-6-12-19)17-22(20-13-7-3-8-14-20)21-15-9-4-10-16-21/h2-3,5-8,11-15,17-18H,4,9-10,16H2,1H3/b22-17-. The van der Waals surface area contributed by atoms with Crippen LogP contribution in [0.5, 0.6) is 0 Å². The fourth-order valence-electron chi connectivity index (χ4n) is 3.19. The van der Waals surface area contributed by atoms with E-state index < -0.39 is 0 Å². The molecule has 0 aliphatic heterocycles. The molecule has 1 unspecified atom stereocenters. The third-order valence-electron chi connectivity index (χ3n) is 4.46. The minimum Gasteiger partial charge on any atom is -0.0807 e. The molecule has 0 radical (unpaired) electrons. The largest absolute Gasteiger partial charge is 0.0807 e. The van der Waals surface area contributed by atoms with Gasteiger partial charge in [-0.25, -0.2) is 0 Å². The molecule has 2 aromatic rings. The molecule has 0 saturated carbocycles. The zero-order valence-electron chi connectivity index (χ0n) is 13.3. The quantitative estimate of drug-likeness (QED) is 0.613. The summed E-state index contributed by atoms with van der Waals surface area (Å²) < 4.78 is 0. The van der Waals surface area contributed by atoms with E-state index in [9.17, 15) is 0 Å². The first-order valence-electron chi connectivity index (χ1n) is 8.36. The molecule has 0 aromatic heterocycles. The van der Waals surface area contributed by atoms with Gasteiger partial charge in [0.05, 0.1) is 0 Å². The first kappa shape index (κ1) is 14.8. The maximum absolute atomic E-state index is 2.45. The van der Waals surface area contributed by atoms with Gasteiger partial charge in [-0.3, -0.25) is 0 Å². The van der Waals surface area contributed by atoms with Crippen molar-refractivity contribution in [3.05, 3.63) is 89.5 Å². The van der Waals surface area contributed by atoms with Gasteiger partial charge in [-0.15, -0.1) is 0 Å². The van der Waals surface area contributed by atoms with Crippen LogP contribution in [0.15, 0.2) is 78.4 Å². The summed E-state index contributed by atoms with van der Waals surface area (Å²) >= 11 is 0. The Kier molecular flexibility index (Phi) is 4.90. The highest BCUT2D eigenvalue weighted by molar-refractivity contribution is 5.79. The van der Waals surface area contributed by atoms with Gasteiger partial charge >= 0.3 is 0 Å². The second-order valence-electron chi connectivity index (χ2n) is 6.12. The zero-order chi connectivity index (χ0) is 15.2. The molecule has 112 valence electrons. The third kappa shape index (κ3) is 3.57. The van der Waals surface area contributed by atoms with Gasteiger partial charge in [0.25, 0.3) is 0 Å². The van der Waals surface area contributed by atoms with Crippen LogP contribution < -0.4 is 0 Å². The van der Waals surface area contributed by atoms with Crippen molar-refractivity contribution in [2.24, 2.45) is 0 Å². The van der Waals surface area contributed by atoms with E-state index in [2.05, 4.69) is 79.7 Å². The van der Waals surface area contributed by atoms with E-state index in [-0.39, 0.29) is 0 Å². The lowest BCUT2D eigenvalue weighted by molar-refractivity contribution is 0.714. The number of benzene rings is 2. The molecule has 0 spiro atoms. The normalized spacial score (nSPS) is 17.0. The SMILES string of the molecule is CC(/C=C(\C1=CCCCC1)c1ccccc1)c1ccccc1. The maximum Gasteiger partial charge on any atom is -0.000114 e. The van der Waals surface area contributed by atoms with Gasteiger partial charge in [-0.1, -0.05) is 79.7 Å². The van der Waals surface area contributed by atoms with Crippen LogP contribution in [-0.4, -0.2) is 0 Å². The summed E-state index contributed by atoms with van der Waals surface area (Å²) in [5.41, 5.74) is 5.68. The van der Waals surface area contributed by atoms with Crippen LogP contribution in [-0.2, 0) is 0 Å². The summed E-state index contributed by atoms with van der Waals surface area (Å²) in [5.74, 6) is 0.430. The van der Waals surface area contributed by atoms with Gasteiger partial charge in [-0.05, 0) is 53.9 Å². The molecule has 1 aliphatic carbocycles. The second kappa shape index (κ2) is 7.26. The van der Waals surface area contributed by atoms with Crippen molar-refractivity contribution in [2.75, 3.05) is 0 Å². The van der Waals surface area contributed by atoms with Crippen molar-refractivity contribution in [1.29, 1.82) is 0 Å². The summed E-state index contributed by atoms with van der Waals surface area (Å²) in [6.45, 7) is 2.29. The van der Waals surface area contributed by atoms with Crippen molar-refractivity contribution >= 4 is 5.57 Å². The van der Waals surface area contributed by atoms with Gasteiger partial charge in [0, 0.05) is 0 Å². The Morgan fingerprint density at radius 2 is 1.59 bits per heavy atom. The van der Waals surface area contributed by atoms with Crippen LogP contribution in [0.25, 0.3) is 5.57 Å². The summed E-state index contributed by atoms with van der Waals surface area (Å²) in [6, 6.07) is 21.6. The van der Waals surface area contributed by atoms with Crippen LogP contribution in [0.4, 0.5) is 0 Å². The molecule has 0 N–H and O–H groups in total. The summed E-state index contributed by atoms with van der Waals surface area (Å²) in [6.07, 6.45) is 9.97. The van der Waals surface area contributed by atoms with E-state index in [4.69, 9.17) is 0 Å². The average Bonchev–Trinajstić information content (AvgIpc) is 2.62. The minimum absolute atomic E-state index is 0.430. The lowest BCUT2D eigenvalue weighted by atomic mass is 9.86. The molecule has 0 amide bonds. The maximum atomic E-state index is 2.45. The highest BCUT2D eigenvalue weighted by atomic mass is 14.2. The topological polar surface area (TPSA) is 0 Å². The number of allylic oxidation sites excluding steroid dienone is 4. The fraction of sp³-hybridized carbons (Fsp3) is 0.273. The molecule has 0 fully saturated rings. The van der Waals surface area contributed by atoms with Crippen molar-refractivity contribution < 1.29 is 0 Å². The molecule has 3 rings (SSSR count). The van der Waals surface area contributed by atoms with E-state index in [0.29, 0.717) is 5.92 Å². The Morgan fingerprint density at radius 1 is 0.909 bits per heavy atom. The molecule has 0 heteroatoms. The molecule has 22 heavy (non-hydrogen) atoms. The van der Waals surface area contributed by atoms with Crippen LogP contribution in [0.1, 0.15) is 49.7 Å². The van der Waals surface area contributed by atoms with Gasteiger partial charge in [0.2, 0.25) is 0 Å². The molecule has 0 bridgehead atoms. The Bertz CT molecular complexity index is 647. The Morgan fingerprint density at radius 3 is 2.23 bits per heavy atom. The number of hydrogen-bond donors (Lipinski definition) is 0. The first-order chi connectivity index (χ1) is 10.8. The smallest absolute Gasteiger partial charge is 0.000114 e. The van der Waals surface area contributed by atoms with Gasteiger partial charge < -0.3 is 0 Å². The lowest BCUT2D eigenvalue weighted by Crippen LogP contribution is -1.98. The average molecular weight is 288 g/mol. The van der Waals surface area contributed by atoms with Gasteiger partial charge in [0.15, 0.2) is 0 Å². The molecule has 0 nitrogen and oxygen atoms in total. The lowest BCUT2D eigenvalue weighted by Gasteiger charge is -2.19. The van der Waals surface area contributed by atoms with Crippen LogP contribution in [0.2, 0.25) is 0 Å². The molecule has 1 atom stereocenters. The predicted octanol–water partition coefficient (Wildman–Crippen LogP) is 6.37. The van der Waals surface area contributed by atoms with E-state index in [1.165, 1.54) is 48.0 Å². The highest BCUT2D eigenvalue weighted by Gasteiger charge is 2.13. The zero-order valence-corrected chi connectivity index (χ0v) is 13.3. The van der Waals surface area contributed by atoms with Crippen molar-refractivity contribution in [1.82, 2.24) is 0 Å². The fourth-order valence-corrected chi connectivity index (χ4v) is 3.19. The van der Waals surface area contributed by atoms with Crippen molar-refractivity contribution in [3.63, 3.8) is 0 Å². The van der Waals surface area contributed by atoms with Crippen LogP contribution in [0, 0.1) is 0 Å². The van der Waals surface area contributed by atoms with Crippen LogP contribution in [0.3, 0.4) is 0 Å². The van der Waals surface area contributed by atoms with Crippen LogP contribution >= 0.6 is 0 Å².